The average Bonchev–Trinajstić information content (AvgIpc) is 2.96. The Balaban J connectivity index is 2.03. The Kier molecular flexibility index (Phi) is 4.64. The summed E-state index contributed by atoms with van der Waals surface area (Å²) >= 11 is 0. The van der Waals surface area contributed by atoms with E-state index in [-0.39, 0.29) is 29.9 Å². The third kappa shape index (κ3) is 3.85. The lowest BCUT2D eigenvalue weighted by atomic mass is 10.0. The standard InChI is InChI=1S/C14H18N2O5/c17-11-4-3-8(7-12(11)18)6-10(14(20)21)16-13(19)9-2-1-5-15-9/h3-4,7,9-10,15,17-18H,1-2,5-6H2,(H,16,19)(H,20,21)/t9?,10-/m0/s1. The topological polar surface area (TPSA) is 119 Å². The highest BCUT2D eigenvalue weighted by Gasteiger charge is 2.27. The van der Waals surface area contributed by atoms with E-state index in [4.69, 9.17) is 0 Å². The normalized spacial score (nSPS) is 19.1. The maximum absolute atomic E-state index is 11.9. The van der Waals surface area contributed by atoms with Gasteiger partial charge in [-0.2, -0.15) is 0 Å². The number of carboxylic acid groups (broad SMARTS) is 1. The van der Waals surface area contributed by atoms with E-state index in [1.54, 1.807) is 0 Å². The summed E-state index contributed by atoms with van der Waals surface area (Å²) in [5.41, 5.74) is 0.511. The van der Waals surface area contributed by atoms with Gasteiger partial charge in [0, 0.05) is 6.42 Å². The minimum atomic E-state index is -1.14. The third-order valence-corrected chi connectivity index (χ3v) is 3.47. The van der Waals surface area contributed by atoms with Gasteiger partial charge in [-0.1, -0.05) is 6.07 Å². The first-order valence-corrected chi connectivity index (χ1v) is 6.75. The number of nitrogens with one attached hydrogen (secondary N) is 2. The van der Waals surface area contributed by atoms with Crippen LogP contribution < -0.4 is 10.6 Å². The van der Waals surface area contributed by atoms with E-state index >= 15 is 0 Å². The molecule has 1 aromatic carbocycles. The highest BCUT2D eigenvalue weighted by atomic mass is 16.4. The first kappa shape index (κ1) is 15.1. The van der Waals surface area contributed by atoms with E-state index < -0.39 is 12.0 Å². The molecule has 21 heavy (non-hydrogen) atoms. The predicted molar refractivity (Wildman–Crippen MR) is 74.1 cm³/mol. The summed E-state index contributed by atoms with van der Waals surface area (Å²) < 4.78 is 0. The Hall–Kier alpha value is -2.28. The van der Waals surface area contributed by atoms with Gasteiger partial charge < -0.3 is 26.0 Å². The van der Waals surface area contributed by atoms with Crippen molar-refractivity contribution >= 4 is 11.9 Å². The number of hydrogen-bond donors (Lipinski definition) is 5. The number of phenolic OH excluding ortho intramolecular Hbond substituents is 2. The molecule has 0 radical (unpaired) electrons. The molecule has 1 aromatic rings. The summed E-state index contributed by atoms with van der Waals surface area (Å²) in [6.07, 6.45) is 1.61. The van der Waals surface area contributed by atoms with E-state index in [0.717, 1.165) is 13.0 Å². The van der Waals surface area contributed by atoms with Gasteiger partial charge in [-0.25, -0.2) is 4.79 Å². The SMILES string of the molecule is O=C(N[C@@H](Cc1ccc(O)c(O)c1)C(=O)O)C1CCCN1. The number of aliphatic carboxylic acids is 1. The van der Waals surface area contributed by atoms with Crippen LogP contribution in [0.2, 0.25) is 0 Å². The van der Waals surface area contributed by atoms with E-state index in [0.29, 0.717) is 12.0 Å². The quantitative estimate of drug-likeness (QED) is 0.486. The molecule has 0 aromatic heterocycles. The zero-order valence-electron chi connectivity index (χ0n) is 11.4. The monoisotopic (exact) mass is 294 g/mol. The van der Waals surface area contributed by atoms with Crippen LogP contribution >= 0.6 is 0 Å². The van der Waals surface area contributed by atoms with Gasteiger partial charge in [0.2, 0.25) is 5.91 Å². The number of benzene rings is 1. The van der Waals surface area contributed by atoms with Crippen LogP contribution in [0.4, 0.5) is 0 Å². The molecule has 7 nitrogen and oxygen atoms in total. The van der Waals surface area contributed by atoms with Crippen LogP contribution in [0.1, 0.15) is 18.4 Å². The number of amides is 1. The molecule has 0 aliphatic carbocycles. The van der Waals surface area contributed by atoms with Crippen LogP contribution in [0.3, 0.4) is 0 Å². The summed E-state index contributed by atoms with van der Waals surface area (Å²) in [7, 11) is 0. The van der Waals surface area contributed by atoms with Crippen LogP contribution in [0, 0.1) is 0 Å². The van der Waals surface area contributed by atoms with E-state index in [9.17, 15) is 24.9 Å². The Labute approximate surface area is 121 Å². The van der Waals surface area contributed by atoms with Crippen LogP contribution in [-0.2, 0) is 16.0 Å². The van der Waals surface area contributed by atoms with Crippen LogP contribution in [0.5, 0.6) is 11.5 Å². The van der Waals surface area contributed by atoms with Crippen molar-refractivity contribution in [2.45, 2.75) is 31.3 Å². The molecule has 1 amide bonds. The van der Waals surface area contributed by atoms with Crippen molar-refractivity contribution in [1.82, 2.24) is 10.6 Å². The Bertz CT molecular complexity index is 540. The first-order valence-electron chi connectivity index (χ1n) is 6.75. The molecule has 1 aliphatic rings. The maximum Gasteiger partial charge on any atom is 0.326 e. The fourth-order valence-electron chi connectivity index (χ4n) is 2.31. The molecule has 1 saturated heterocycles. The van der Waals surface area contributed by atoms with Gasteiger partial charge in [0.05, 0.1) is 6.04 Å². The van der Waals surface area contributed by atoms with Gasteiger partial charge in [0.25, 0.3) is 0 Å². The van der Waals surface area contributed by atoms with Crippen molar-refractivity contribution in [2.75, 3.05) is 6.54 Å². The Morgan fingerprint density at radius 3 is 2.67 bits per heavy atom. The molecule has 1 aliphatic heterocycles. The Morgan fingerprint density at radius 1 is 1.33 bits per heavy atom. The van der Waals surface area contributed by atoms with Crippen molar-refractivity contribution in [3.8, 4) is 11.5 Å². The summed E-state index contributed by atoms with van der Waals surface area (Å²) in [4.78, 5) is 23.2. The lowest BCUT2D eigenvalue weighted by molar-refractivity contribution is -0.142. The second-order valence-electron chi connectivity index (χ2n) is 5.08. The van der Waals surface area contributed by atoms with Crippen molar-refractivity contribution in [1.29, 1.82) is 0 Å². The van der Waals surface area contributed by atoms with Gasteiger partial charge in [0.1, 0.15) is 6.04 Å². The number of aromatic hydroxyl groups is 2. The smallest absolute Gasteiger partial charge is 0.326 e. The lowest BCUT2D eigenvalue weighted by Gasteiger charge is -2.17. The lowest BCUT2D eigenvalue weighted by Crippen LogP contribution is -2.49. The first-order chi connectivity index (χ1) is 9.97. The van der Waals surface area contributed by atoms with Crippen molar-refractivity contribution < 1.29 is 24.9 Å². The highest BCUT2D eigenvalue weighted by Crippen LogP contribution is 2.25. The van der Waals surface area contributed by atoms with E-state index in [2.05, 4.69) is 10.6 Å². The van der Waals surface area contributed by atoms with Crippen LogP contribution in [0.25, 0.3) is 0 Å². The molecule has 0 saturated carbocycles. The molecule has 2 atom stereocenters. The molecule has 7 heteroatoms. The number of rotatable bonds is 5. The highest BCUT2D eigenvalue weighted by molar-refractivity contribution is 5.87. The molecular formula is C14H18N2O5. The molecule has 2 rings (SSSR count). The zero-order chi connectivity index (χ0) is 15.4. The second-order valence-corrected chi connectivity index (χ2v) is 5.08. The van der Waals surface area contributed by atoms with E-state index in [1.165, 1.54) is 18.2 Å². The van der Waals surface area contributed by atoms with Gasteiger partial charge in [-0.15, -0.1) is 0 Å². The van der Waals surface area contributed by atoms with Crippen molar-refractivity contribution in [3.05, 3.63) is 23.8 Å². The summed E-state index contributed by atoms with van der Waals surface area (Å²) in [6, 6.07) is 2.64. The summed E-state index contributed by atoms with van der Waals surface area (Å²) in [6.45, 7) is 0.752. The number of hydrogen-bond acceptors (Lipinski definition) is 5. The fraction of sp³-hybridized carbons (Fsp3) is 0.429. The number of carbonyl (C=O) groups excluding carboxylic acids is 1. The number of carbonyl (C=O) groups is 2. The Morgan fingerprint density at radius 2 is 2.10 bits per heavy atom. The average molecular weight is 294 g/mol. The van der Waals surface area contributed by atoms with Gasteiger partial charge in [0.15, 0.2) is 11.5 Å². The summed E-state index contributed by atoms with van der Waals surface area (Å²) in [5.74, 6) is -2.07. The minimum Gasteiger partial charge on any atom is -0.504 e. The molecule has 0 bridgehead atoms. The minimum absolute atomic E-state index is 0.0294. The fourth-order valence-corrected chi connectivity index (χ4v) is 2.31. The van der Waals surface area contributed by atoms with Gasteiger partial charge in [-0.05, 0) is 37.1 Å². The molecule has 1 fully saturated rings. The molecule has 1 unspecified atom stereocenters. The van der Waals surface area contributed by atoms with E-state index in [1.807, 2.05) is 0 Å². The molecule has 5 N–H and O–H groups in total. The second kappa shape index (κ2) is 6.45. The third-order valence-electron chi connectivity index (χ3n) is 3.47. The molecule has 1 heterocycles. The van der Waals surface area contributed by atoms with Gasteiger partial charge >= 0.3 is 5.97 Å². The predicted octanol–water partition coefficient (Wildman–Crippen LogP) is -0.0383. The van der Waals surface area contributed by atoms with Crippen LogP contribution in [-0.4, -0.2) is 45.8 Å². The van der Waals surface area contributed by atoms with Crippen LogP contribution in [0.15, 0.2) is 18.2 Å². The molecular weight excluding hydrogens is 276 g/mol. The number of carboxylic acids is 1. The molecule has 114 valence electrons. The molecule has 0 spiro atoms. The summed E-state index contributed by atoms with van der Waals surface area (Å²) in [5, 5.41) is 33.3. The van der Waals surface area contributed by atoms with Gasteiger partial charge in [-0.3, -0.25) is 4.79 Å². The van der Waals surface area contributed by atoms with Crippen molar-refractivity contribution in [2.24, 2.45) is 0 Å². The number of phenols is 2. The largest absolute Gasteiger partial charge is 0.504 e. The zero-order valence-corrected chi connectivity index (χ0v) is 11.4. The van der Waals surface area contributed by atoms with Crippen molar-refractivity contribution in [3.63, 3.8) is 0 Å². The maximum atomic E-state index is 11.9.